The summed E-state index contributed by atoms with van der Waals surface area (Å²) in [5, 5.41) is 8.98. The second-order valence-electron chi connectivity index (χ2n) is 3.64. The molecule has 17 heavy (non-hydrogen) atoms. The maximum atomic E-state index is 11.6. The number of aromatic carboxylic acids is 1. The van der Waals surface area contributed by atoms with Crippen LogP contribution in [0.25, 0.3) is 0 Å². The third kappa shape index (κ3) is 2.05. The van der Waals surface area contributed by atoms with E-state index in [2.05, 4.69) is 0 Å². The molecule has 0 atom stereocenters. The standard InChI is InChI=1S/C10H11NO5S/c1-17(14,15)11-5-6-16-9-7(10(12)13)3-2-4-8(9)11/h2-4H,5-6H2,1H3,(H,12,13). The normalized spacial score (nSPS) is 15.0. The van der Waals surface area contributed by atoms with Gasteiger partial charge in [-0.1, -0.05) is 6.07 Å². The summed E-state index contributed by atoms with van der Waals surface area (Å²) in [5.41, 5.74) is 0.245. The number of benzene rings is 1. The minimum absolute atomic E-state index is 0.0316. The zero-order chi connectivity index (χ0) is 12.6. The lowest BCUT2D eigenvalue weighted by atomic mass is 10.1. The van der Waals surface area contributed by atoms with Crippen molar-refractivity contribution in [2.75, 3.05) is 23.7 Å². The van der Waals surface area contributed by atoms with E-state index in [1.165, 1.54) is 18.2 Å². The van der Waals surface area contributed by atoms with Gasteiger partial charge in [0.25, 0.3) is 0 Å². The van der Waals surface area contributed by atoms with E-state index >= 15 is 0 Å². The van der Waals surface area contributed by atoms with Crippen molar-refractivity contribution in [3.05, 3.63) is 23.8 Å². The number of anilines is 1. The summed E-state index contributed by atoms with van der Waals surface area (Å²) in [6.07, 6.45) is 1.08. The van der Waals surface area contributed by atoms with Crippen molar-refractivity contribution in [1.29, 1.82) is 0 Å². The number of fused-ring (bicyclic) bond motifs is 1. The molecular weight excluding hydrogens is 246 g/mol. The van der Waals surface area contributed by atoms with Gasteiger partial charge < -0.3 is 9.84 Å². The smallest absolute Gasteiger partial charge is 0.339 e. The van der Waals surface area contributed by atoms with Gasteiger partial charge in [0.05, 0.1) is 18.5 Å². The molecule has 0 spiro atoms. The van der Waals surface area contributed by atoms with Crippen LogP contribution in [-0.4, -0.2) is 38.9 Å². The molecule has 1 heterocycles. The highest BCUT2D eigenvalue weighted by Gasteiger charge is 2.28. The van der Waals surface area contributed by atoms with Crippen LogP contribution in [0.3, 0.4) is 0 Å². The lowest BCUT2D eigenvalue weighted by Crippen LogP contribution is -2.37. The van der Waals surface area contributed by atoms with Crippen LogP contribution in [0.2, 0.25) is 0 Å². The topological polar surface area (TPSA) is 83.9 Å². The van der Waals surface area contributed by atoms with Gasteiger partial charge in [-0.3, -0.25) is 4.31 Å². The summed E-state index contributed by atoms with van der Waals surface area (Å²) < 4.78 is 29.5. The first-order valence-electron chi connectivity index (χ1n) is 4.88. The molecule has 0 aliphatic carbocycles. The average Bonchev–Trinajstić information content (AvgIpc) is 2.26. The number of carbonyl (C=O) groups is 1. The Morgan fingerprint density at radius 1 is 1.47 bits per heavy atom. The van der Waals surface area contributed by atoms with Gasteiger partial charge in [0, 0.05) is 0 Å². The average molecular weight is 257 g/mol. The van der Waals surface area contributed by atoms with E-state index in [1.54, 1.807) is 0 Å². The molecule has 1 aromatic carbocycles. The number of sulfonamides is 1. The fraction of sp³-hybridized carbons (Fsp3) is 0.300. The summed E-state index contributed by atoms with van der Waals surface area (Å²) in [5.74, 6) is -1.03. The Balaban J connectivity index is 2.61. The summed E-state index contributed by atoms with van der Waals surface area (Å²) in [7, 11) is -3.42. The molecule has 0 unspecified atom stereocenters. The monoisotopic (exact) mass is 257 g/mol. The first-order chi connectivity index (χ1) is 7.91. The van der Waals surface area contributed by atoms with Gasteiger partial charge in [-0.25, -0.2) is 13.2 Å². The number of carboxylic acids is 1. The molecule has 2 rings (SSSR count). The van der Waals surface area contributed by atoms with Crippen LogP contribution >= 0.6 is 0 Å². The van der Waals surface area contributed by atoms with Gasteiger partial charge in [0.2, 0.25) is 10.0 Å². The highest BCUT2D eigenvalue weighted by atomic mass is 32.2. The summed E-state index contributed by atoms with van der Waals surface area (Å²) >= 11 is 0. The zero-order valence-electron chi connectivity index (χ0n) is 9.08. The molecule has 0 bridgehead atoms. The number of ether oxygens (including phenoxy) is 1. The van der Waals surface area contributed by atoms with Crippen molar-refractivity contribution in [2.45, 2.75) is 0 Å². The van der Waals surface area contributed by atoms with Gasteiger partial charge in [-0.05, 0) is 12.1 Å². The van der Waals surface area contributed by atoms with Crippen LogP contribution in [0.5, 0.6) is 5.75 Å². The van der Waals surface area contributed by atoms with Crippen molar-refractivity contribution >= 4 is 21.7 Å². The predicted octanol–water partition coefficient (Wildman–Crippen LogP) is 0.543. The highest BCUT2D eigenvalue weighted by molar-refractivity contribution is 7.92. The third-order valence-corrected chi connectivity index (χ3v) is 3.61. The molecular formula is C10H11NO5S. The number of hydrogen-bond acceptors (Lipinski definition) is 4. The Morgan fingerprint density at radius 2 is 2.18 bits per heavy atom. The van der Waals surface area contributed by atoms with Crippen molar-refractivity contribution in [3.63, 3.8) is 0 Å². The van der Waals surface area contributed by atoms with Crippen LogP contribution in [0.15, 0.2) is 18.2 Å². The molecule has 6 nitrogen and oxygen atoms in total. The van der Waals surface area contributed by atoms with Crippen LogP contribution in [0.4, 0.5) is 5.69 Å². The van der Waals surface area contributed by atoms with Crippen molar-refractivity contribution in [3.8, 4) is 5.75 Å². The summed E-state index contributed by atoms with van der Waals surface area (Å²) in [4.78, 5) is 11.0. The van der Waals surface area contributed by atoms with E-state index in [-0.39, 0.29) is 30.2 Å². The molecule has 92 valence electrons. The van der Waals surface area contributed by atoms with E-state index in [0.29, 0.717) is 0 Å². The SMILES string of the molecule is CS(=O)(=O)N1CCOc2c(C(=O)O)cccc21. The molecule has 1 aliphatic heterocycles. The fourth-order valence-electron chi connectivity index (χ4n) is 1.74. The quantitative estimate of drug-likeness (QED) is 0.836. The van der Waals surface area contributed by atoms with Gasteiger partial charge in [0.1, 0.15) is 12.2 Å². The number of nitrogens with zero attached hydrogens (tertiary/aromatic N) is 1. The minimum Gasteiger partial charge on any atom is -0.489 e. The Bertz CT molecular complexity index is 566. The largest absolute Gasteiger partial charge is 0.489 e. The molecule has 7 heteroatoms. The van der Waals surface area contributed by atoms with Gasteiger partial charge in [-0.2, -0.15) is 0 Å². The Morgan fingerprint density at radius 3 is 2.76 bits per heavy atom. The van der Waals surface area contributed by atoms with E-state index in [1.807, 2.05) is 0 Å². The number of rotatable bonds is 2. The fourth-order valence-corrected chi connectivity index (χ4v) is 2.64. The Kier molecular flexibility index (Phi) is 2.70. The first-order valence-corrected chi connectivity index (χ1v) is 6.73. The second-order valence-corrected chi connectivity index (χ2v) is 5.55. The minimum atomic E-state index is -3.42. The van der Waals surface area contributed by atoms with E-state index < -0.39 is 16.0 Å². The van der Waals surface area contributed by atoms with Crippen LogP contribution in [-0.2, 0) is 10.0 Å². The molecule has 0 fully saturated rings. The molecule has 1 aromatic rings. The Hall–Kier alpha value is -1.76. The van der Waals surface area contributed by atoms with E-state index in [9.17, 15) is 13.2 Å². The molecule has 0 radical (unpaired) electrons. The predicted molar refractivity (Wildman–Crippen MR) is 61.1 cm³/mol. The maximum absolute atomic E-state index is 11.6. The zero-order valence-corrected chi connectivity index (χ0v) is 9.90. The first kappa shape index (κ1) is 11.7. The number of carboxylic acid groups (broad SMARTS) is 1. The summed E-state index contributed by atoms with van der Waals surface area (Å²) in [6, 6.07) is 4.41. The van der Waals surface area contributed by atoms with Crippen LogP contribution in [0, 0.1) is 0 Å². The van der Waals surface area contributed by atoms with Crippen LogP contribution < -0.4 is 9.04 Å². The molecule has 0 aromatic heterocycles. The lowest BCUT2D eigenvalue weighted by Gasteiger charge is -2.29. The van der Waals surface area contributed by atoms with Crippen molar-refractivity contribution in [1.82, 2.24) is 0 Å². The van der Waals surface area contributed by atoms with Crippen molar-refractivity contribution < 1.29 is 23.1 Å². The molecule has 0 saturated heterocycles. The molecule has 1 aliphatic rings. The molecule has 0 amide bonds. The maximum Gasteiger partial charge on any atom is 0.339 e. The van der Waals surface area contributed by atoms with Crippen molar-refractivity contribution in [2.24, 2.45) is 0 Å². The van der Waals surface area contributed by atoms with Gasteiger partial charge in [-0.15, -0.1) is 0 Å². The summed E-state index contributed by atoms with van der Waals surface area (Å²) in [6.45, 7) is 0.333. The lowest BCUT2D eigenvalue weighted by molar-refractivity contribution is 0.0692. The van der Waals surface area contributed by atoms with Gasteiger partial charge in [0.15, 0.2) is 5.75 Å². The Labute approximate surface area is 98.5 Å². The van der Waals surface area contributed by atoms with E-state index in [4.69, 9.17) is 9.84 Å². The van der Waals surface area contributed by atoms with Gasteiger partial charge >= 0.3 is 5.97 Å². The van der Waals surface area contributed by atoms with E-state index in [0.717, 1.165) is 10.6 Å². The molecule has 1 N–H and O–H groups in total. The third-order valence-electron chi connectivity index (χ3n) is 2.43. The molecule has 0 saturated carbocycles. The number of para-hydroxylation sites is 1. The van der Waals surface area contributed by atoms with Crippen LogP contribution in [0.1, 0.15) is 10.4 Å². The second kappa shape index (κ2) is 3.92. The number of hydrogen-bond donors (Lipinski definition) is 1. The highest BCUT2D eigenvalue weighted by Crippen LogP contribution is 2.36.